The topological polar surface area (TPSA) is 57.7 Å². The van der Waals surface area contributed by atoms with Crippen LogP contribution in [0.15, 0.2) is 42.6 Å². The van der Waals surface area contributed by atoms with E-state index in [0.717, 1.165) is 37.6 Å². The minimum absolute atomic E-state index is 0.108. The Hall–Kier alpha value is -2.60. The van der Waals surface area contributed by atoms with Crippen LogP contribution in [0.4, 0.5) is 5.69 Å². The molecule has 2 aromatic rings. The highest BCUT2D eigenvalue weighted by Crippen LogP contribution is 2.26. The van der Waals surface area contributed by atoms with E-state index in [1.54, 1.807) is 13.3 Å². The Bertz CT molecular complexity index is 812. The average molecular weight is 395 g/mol. The van der Waals surface area contributed by atoms with E-state index in [4.69, 9.17) is 4.74 Å². The number of rotatable bonds is 7. The zero-order chi connectivity index (χ0) is 20.1. The zero-order valence-electron chi connectivity index (χ0n) is 17.1. The van der Waals surface area contributed by atoms with E-state index in [0.29, 0.717) is 12.2 Å². The van der Waals surface area contributed by atoms with E-state index in [1.807, 2.05) is 24.3 Å². The third kappa shape index (κ3) is 4.70. The number of pyridine rings is 1. The molecule has 154 valence electrons. The van der Waals surface area contributed by atoms with Crippen molar-refractivity contribution in [3.05, 3.63) is 53.9 Å². The second-order valence-electron chi connectivity index (χ2n) is 7.84. The fraction of sp³-hybridized carbons (Fsp3) is 0.478. The maximum Gasteiger partial charge on any atom is 0.270 e. The van der Waals surface area contributed by atoms with Crippen LogP contribution >= 0.6 is 0 Å². The Kier molecular flexibility index (Phi) is 6.30. The van der Waals surface area contributed by atoms with E-state index in [9.17, 15) is 4.79 Å². The second-order valence-corrected chi connectivity index (χ2v) is 7.84. The highest BCUT2D eigenvalue weighted by molar-refractivity contribution is 5.93. The minimum atomic E-state index is -0.108. The molecule has 0 bridgehead atoms. The average Bonchev–Trinajstić information content (AvgIpc) is 3.49. The van der Waals surface area contributed by atoms with Crippen LogP contribution < -0.4 is 15.0 Å². The summed E-state index contributed by atoms with van der Waals surface area (Å²) in [5.74, 6) is 0.740. The number of nitrogens with one attached hydrogen (secondary N) is 1. The van der Waals surface area contributed by atoms with E-state index in [-0.39, 0.29) is 11.9 Å². The number of anilines is 1. The van der Waals surface area contributed by atoms with Crippen LogP contribution in [0.2, 0.25) is 0 Å². The molecule has 6 heteroatoms. The summed E-state index contributed by atoms with van der Waals surface area (Å²) >= 11 is 0. The molecular formula is C23H30N4O2. The Labute approximate surface area is 172 Å². The van der Waals surface area contributed by atoms with Gasteiger partial charge in [0.2, 0.25) is 0 Å². The molecule has 1 aromatic carbocycles. The van der Waals surface area contributed by atoms with Gasteiger partial charge in [0.25, 0.3) is 5.91 Å². The summed E-state index contributed by atoms with van der Waals surface area (Å²) in [5.41, 5.74) is 2.78. The second kappa shape index (κ2) is 9.27. The Balaban J connectivity index is 1.45. The van der Waals surface area contributed by atoms with Gasteiger partial charge in [-0.3, -0.25) is 14.7 Å². The molecule has 1 atom stereocenters. The molecule has 4 rings (SSSR count). The predicted molar refractivity (Wildman–Crippen MR) is 115 cm³/mol. The number of ether oxygens (including phenoxy) is 1. The molecule has 1 aromatic heterocycles. The molecule has 0 aliphatic carbocycles. The Morgan fingerprint density at radius 1 is 1.07 bits per heavy atom. The molecule has 2 aliphatic heterocycles. The van der Waals surface area contributed by atoms with Crippen LogP contribution in [-0.2, 0) is 0 Å². The van der Waals surface area contributed by atoms with Crippen molar-refractivity contribution in [2.75, 3.05) is 44.7 Å². The van der Waals surface area contributed by atoms with E-state index >= 15 is 0 Å². The van der Waals surface area contributed by atoms with Crippen molar-refractivity contribution < 1.29 is 9.53 Å². The molecule has 29 heavy (non-hydrogen) atoms. The number of nitrogens with zero attached hydrogens (tertiary/aromatic N) is 3. The van der Waals surface area contributed by atoms with Gasteiger partial charge in [-0.15, -0.1) is 0 Å². The van der Waals surface area contributed by atoms with Crippen LogP contribution in [0.1, 0.15) is 47.8 Å². The van der Waals surface area contributed by atoms with Crippen molar-refractivity contribution in [3.63, 3.8) is 0 Å². The van der Waals surface area contributed by atoms with Crippen molar-refractivity contribution in [3.8, 4) is 5.75 Å². The van der Waals surface area contributed by atoms with E-state index < -0.39 is 0 Å². The number of carbonyl (C=O) groups is 1. The number of benzene rings is 1. The van der Waals surface area contributed by atoms with Gasteiger partial charge in [-0.25, -0.2) is 0 Å². The van der Waals surface area contributed by atoms with Gasteiger partial charge in [0.05, 0.1) is 13.2 Å². The van der Waals surface area contributed by atoms with Gasteiger partial charge >= 0.3 is 0 Å². The summed E-state index contributed by atoms with van der Waals surface area (Å²) in [7, 11) is 1.68. The SMILES string of the molecule is COc1ccc(C(CNC(=O)c2cc(N3CCCC3)ccn2)N2CCCC2)cc1. The lowest BCUT2D eigenvalue weighted by Crippen LogP contribution is -2.37. The third-order valence-corrected chi connectivity index (χ3v) is 5.99. The van der Waals surface area contributed by atoms with Gasteiger partial charge in [-0.1, -0.05) is 12.1 Å². The summed E-state index contributed by atoms with van der Waals surface area (Å²) in [6, 6.07) is 12.2. The summed E-state index contributed by atoms with van der Waals surface area (Å²) in [5, 5.41) is 3.13. The molecule has 1 amide bonds. The van der Waals surface area contributed by atoms with Gasteiger partial charge in [-0.05, 0) is 68.6 Å². The molecule has 1 unspecified atom stereocenters. The summed E-state index contributed by atoms with van der Waals surface area (Å²) in [6.07, 6.45) is 6.58. The van der Waals surface area contributed by atoms with E-state index in [1.165, 1.54) is 31.2 Å². The number of carbonyl (C=O) groups excluding carboxylic acids is 1. The molecule has 0 saturated carbocycles. The van der Waals surface area contributed by atoms with Crippen LogP contribution in [0.5, 0.6) is 5.75 Å². The molecule has 2 fully saturated rings. The summed E-state index contributed by atoms with van der Waals surface area (Å²) in [6.45, 7) is 4.81. The minimum Gasteiger partial charge on any atom is -0.497 e. The largest absolute Gasteiger partial charge is 0.497 e. The number of amides is 1. The number of methoxy groups -OCH3 is 1. The maximum atomic E-state index is 12.8. The summed E-state index contributed by atoms with van der Waals surface area (Å²) < 4.78 is 5.29. The molecule has 3 heterocycles. The van der Waals surface area contributed by atoms with Gasteiger partial charge in [0.1, 0.15) is 11.4 Å². The zero-order valence-corrected chi connectivity index (χ0v) is 17.1. The lowest BCUT2D eigenvalue weighted by atomic mass is 10.1. The van der Waals surface area contributed by atoms with Crippen LogP contribution in [0.3, 0.4) is 0 Å². The highest BCUT2D eigenvalue weighted by atomic mass is 16.5. The van der Waals surface area contributed by atoms with Crippen molar-refractivity contribution in [2.45, 2.75) is 31.7 Å². The lowest BCUT2D eigenvalue weighted by molar-refractivity contribution is 0.0933. The van der Waals surface area contributed by atoms with Crippen LogP contribution in [0, 0.1) is 0 Å². The quantitative estimate of drug-likeness (QED) is 0.781. The first-order valence-corrected chi connectivity index (χ1v) is 10.6. The standard InChI is InChI=1S/C23H30N4O2/c1-29-20-8-6-18(7-9-20)22(27-14-4-5-15-27)17-25-23(28)21-16-19(10-11-24-21)26-12-2-3-13-26/h6-11,16,22H,2-5,12-15,17H2,1H3,(H,25,28). The highest BCUT2D eigenvalue weighted by Gasteiger charge is 2.24. The van der Waals surface area contributed by atoms with Gasteiger partial charge < -0.3 is 15.0 Å². The van der Waals surface area contributed by atoms with Crippen LogP contribution in [-0.4, -0.2) is 55.6 Å². The normalized spacial score (nSPS) is 18.0. The first-order chi connectivity index (χ1) is 14.2. The number of hydrogen-bond acceptors (Lipinski definition) is 5. The number of aromatic nitrogens is 1. The van der Waals surface area contributed by atoms with Gasteiger partial charge in [0.15, 0.2) is 0 Å². The Morgan fingerprint density at radius 2 is 1.76 bits per heavy atom. The van der Waals surface area contributed by atoms with E-state index in [2.05, 4.69) is 32.2 Å². The monoisotopic (exact) mass is 394 g/mol. The number of likely N-dealkylation sites (tertiary alicyclic amines) is 1. The first-order valence-electron chi connectivity index (χ1n) is 10.6. The first kappa shape index (κ1) is 19.7. The molecule has 6 nitrogen and oxygen atoms in total. The smallest absolute Gasteiger partial charge is 0.270 e. The molecule has 2 saturated heterocycles. The molecular weight excluding hydrogens is 364 g/mol. The Morgan fingerprint density at radius 3 is 2.45 bits per heavy atom. The number of hydrogen-bond donors (Lipinski definition) is 1. The van der Waals surface area contributed by atoms with Gasteiger partial charge in [-0.2, -0.15) is 0 Å². The molecule has 1 N–H and O–H groups in total. The molecule has 0 spiro atoms. The van der Waals surface area contributed by atoms with Crippen molar-refractivity contribution in [2.24, 2.45) is 0 Å². The molecule has 0 radical (unpaired) electrons. The lowest BCUT2D eigenvalue weighted by Gasteiger charge is -2.28. The predicted octanol–water partition coefficient (Wildman–Crippen LogP) is 3.26. The van der Waals surface area contributed by atoms with Crippen LogP contribution in [0.25, 0.3) is 0 Å². The van der Waals surface area contributed by atoms with Gasteiger partial charge in [0, 0.05) is 31.5 Å². The summed E-state index contributed by atoms with van der Waals surface area (Å²) in [4.78, 5) is 21.9. The van der Waals surface area contributed by atoms with Crippen molar-refractivity contribution in [1.29, 1.82) is 0 Å². The van der Waals surface area contributed by atoms with Crippen molar-refractivity contribution >= 4 is 11.6 Å². The molecule has 2 aliphatic rings. The fourth-order valence-corrected chi connectivity index (χ4v) is 4.33. The van der Waals surface area contributed by atoms with Crippen molar-refractivity contribution in [1.82, 2.24) is 15.2 Å². The third-order valence-electron chi connectivity index (χ3n) is 5.99. The maximum absolute atomic E-state index is 12.8. The fourth-order valence-electron chi connectivity index (χ4n) is 4.33.